The van der Waals surface area contributed by atoms with Crippen molar-refractivity contribution < 1.29 is 4.79 Å². The summed E-state index contributed by atoms with van der Waals surface area (Å²) in [4.78, 5) is 15.1. The molecule has 1 aliphatic heterocycles. The first-order valence-electron chi connectivity index (χ1n) is 5.80. The zero-order valence-electron chi connectivity index (χ0n) is 9.80. The number of likely N-dealkylation sites (tertiary alicyclic amines) is 1. The number of nitrogens with zero attached hydrogens (tertiary/aromatic N) is 1. The normalized spacial score (nSPS) is 19.1. The SMILES string of the molecule is Cl.NCC1CCN(C(=O)CCc2cccs2)C1. The first-order chi connectivity index (χ1) is 7.79. The Bertz CT molecular complexity index is 342. The predicted molar refractivity (Wildman–Crippen MR) is 73.6 cm³/mol. The van der Waals surface area contributed by atoms with Gasteiger partial charge in [0, 0.05) is 24.4 Å². The molecule has 0 aromatic carbocycles. The second kappa shape index (κ2) is 6.99. The molecule has 1 unspecified atom stereocenters. The summed E-state index contributed by atoms with van der Waals surface area (Å²) in [7, 11) is 0. The van der Waals surface area contributed by atoms with Crippen LogP contribution >= 0.6 is 23.7 Å². The van der Waals surface area contributed by atoms with E-state index in [2.05, 4.69) is 11.4 Å². The van der Waals surface area contributed by atoms with Crippen molar-refractivity contribution in [1.82, 2.24) is 4.90 Å². The Morgan fingerprint density at radius 1 is 1.59 bits per heavy atom. The van der Waals surface area contributed by atoms with Gasteiger partial charge in [0.2, 0.25) is 5.91 Å². The van der Waals surface area contributed by atoms with Crippen LogP contribution in [0.4, 0.5) is 0 Å². The molecule has 1 amide bonds. The van der Waals surface area contributed by atoms with Gasteiger partial charge in [0.1, 0.15) is 0 Å². The monoisotopic (exact) mass is 274 g/mol. The highest BCUT2D eigenvalue weighted by atomic mass is 35.5. The molecule has 3 nitrogen and oxygen atoms in total. The molecule has 1 aromatic heterocycles. The summed E-state index contributed by atoms with van der Waals surface area (Å²) in [6.45, 7) is 2.46. The highest BCUT2D eigenvalue weighted by Crippen LogP contribution is 2.17. The zero-order valence-corrected chi connectivity index (χ0v) is 11.4. The van der Waals surface area contributed by atoms with Crippen LogP contribution in [0.3, 0.4) is 0 Å². The van der Waals surface area contributed by atoms with E-state index in [4.69, 9.17) is 5.73 Å². The Morgan fingerprint density at radius 2 is 2.41 bits per heavy atom. The van der Waals surface area contributed by atoms with E-state index in [1.807, 2.05) is 11.0 Å². The maximum atomic E-state index is 11.9. The molecule has 2 N–H and O–H groups in total. The molecule has 0 aliphatic carbocycles. The minimum atomic E-state index is 0. The lowest BCUT2D eigenvalue weighted by Gasteiger charge is -2.15. The number of amides is 1. The van der Waals surface area contributed by atoms with Crippen molar-refractivity contribution in [2.75, 3.05) is 19.6 Å². The molecule has 96 valence electrons. The third-order valence-electron chi connectivity index (χ3n) is 3.14. The zero-order chi connectivity index (χ0) is 11.4. The third kappa shape index (κ3) is 3.98. The Kier molecular flexibility index (Phi) is 5.95. The molecule has 1 fully saturated rings. The van der Waals surface area contributed by atoms with Crippen molar-refractivity contribution in [3.63, 3.8) is 0 Å². The number of hydrogen-bond donors (Lipinski definition) is 1. The van der Waals surface area contributed by atoms with Crippen LogP contribution in [0, 0.1) is 5.92 Å². The van der Waals surface area contributed by atoms with E-state index in [0.29, 0.717) is 18.9 Å². The molecule has 0 spiro atoms. The van der Waals surface area contributed by atoms with Gasteiger partial charge in [0.25, 0.3) is 0 Å². The van der Waals surface area contributed by atoms with Crippen molar-refractivity contribution >= 4 is 29.7 Å². The summed E-state index contributed by atoms with van der Waals surface area (Å²) in [6, 6.07) is 4.12. The fourth-order valence-corrected chi connectivity index (χ4v) is 2.80. The van der Waals surface area contributed by atoms with Gasteiger partial charge in [0.05, 0.1) is 0 Å². The average Bonchev–Trinajstić information content (AvgIpc) is 2.96. The van der Waals surface area contributed by atoms with Gasteiger partial charge in [0.15, 0.2) is 0 Å². The molecule has 17 heavy (non-hydrogen) atoms. The summed E-state index contributed by atoms with van der Waals surface area (Å²) < 4.78 is 0. The lowest BCUT2D eigenvalue weighted by molar-refractivity contribution is -0.130. The van der Waals surface area contributed by atoms with Gasteiger partial charge in [-0.2, -0.15) is 0 Å². The Labute approximate surface area is 112 Å². The summed E-state index contributed by atoms with van der Waals surface area (Å²) in [5, 5.41) is 2.06. The van der Waals surface area contributed by atoms with Crippen LogP contribution in [0.2, 0.25) is 0 Å². The standard InChI is InChI=1S/C12H18N2OS.ClH/c13-8-10-5-6-14(9-10)12(15)4-3-11-2-1-7-16-11;/h1-2,7,10H,3-6,8-9,13H2;1H. The van der Waals surface area contributed by atoms with Crippen LogP contribution in [0.15, 0.2) is 17.5 Å². The maximum absolute atomic E-state index is 11.9. The molecule has 0 saturated carbocycles. The van der Waals surface area contributed by atoms with Gasteiger partial charge in [-0.3, -0.25) is 4.79 Å². The number of aryl methyl sites for hydroxylation is 1. The fraction of sp³-hybridized carbons (Fsp3) is 0.583. The minimum absolute atomic E-state index is 0. The third-order valence-corrected chi connectivity index (χ3v) is 4.07. The smallest absolute Gasteiger partial charge is 0.222 e. The van der Waals surface area contributed by atoms with E-state index in [9.17, 15) is 4.79 Å². The molecule has 2 heterocycles. The Balaban J connectivity index is 0.00000144. The highest BCUT2D eigenvalue weighted by Gasteiger charge is 2.24. The number of nitrogens with two attached hydrogens (primary N) is 1. The van der Waals surface area contributed by atoms with Gasteiger partial charge in [-0.15, -0.1) is 23.7 Å². The molecule has 1 aromatic rings. The maximum Gasteiger partial charge on any atom is 0.222 e. The van der Waals surface area contributed by atoms with Crippen molar-refractivity contribution in [3.8, 4) is 0 Å². The molecule has 1 atom stereocenters. The van der Waals surface area contributed by atoms with E-state index < -0.39 is 0 Å². The van der Waals surface area contributed by atoms with Gasteiger partial charge >= 0.3 is 0 Å². The van der Waals surface area contributed by atoms with Crippen LogP contribution in [-0.4, -0.2) is 30.4 Å². The van der Waals surface area contributed by atoms with E-state index >= 15 is 0 Å². The van der Waals surface area contributed by atoms with Crippen LogP contribution in [0.1, 0.15) is 17.7 Å². The number of carbonyl (C=O) groups is 1. The second-order valence-corrected chi connectivity index (χ2v) is 5.34. The Hall–Kier alpha value is -0.580. The molecule has 1 saturated heterocycles. The van der Waals surface area contributed by atoms with E-state index in [0.717, 1.165) is 25.9 Å². The lowest BCUT2D eigenvalue weighted by atomic mass is 10.1. The number of halogens is 1. The van der Waals surface area contributed by atoms with Crippen LogP contribution < -0.4 is 5.73 Å². The topological polar surface area (TPSA) is 46.3 Å². The van der Waals surface area contributed by atoms with E-state index in [-0.39, 0.29) is 18.3 Å². The second-order valence-electron chi connectivity index (χ2n) is 4.31. The molecular weight excluding hydrogens is 256 g/mol. The first-order valence-corrected chi connectivity index (χ1v) is 6.68. The first kappa shape index (κ1) is 14.5. The molecular formula is C12H19ClN2OS. The van der Waals surface area contributed by atoms with Gasteiger partial charge < -0.3 is 10.6 Å². The van der Waals surface area contributed by atoms with Crippen LogP contribution in [-0.2, 0) is 11.2 Å². The largest absolute Gasteiger partial charge is 0.342 e. The molecule has 2 rings (SSSR count). The van der Waals surface area contributed by atoms with Crippen LogP contribution in [0.25, 0.3) is 0 Å². The van der Waals surface area contributed by atoms with Gasteiger partial charge in [-0.05, 0) is 36.8 Å². The Morgan fingerprint density at radius 3 is 3.00 bits per heavy atom. The van der Waals surface area contributed by atoms with E-state index in [1.54, 1.807) is 11.3 Å². The lowest BCUT2D eigenvalue weighted by Crippen LogP contribution is -2.29. The van der Waals surface area contributed by atoms with Crippen molar-refractivity contribution in [3.05, 3.63) is 22.4 Å². The summed E-state index contributed by atoms with van der Waals surface area (Å²) in [5.74, 6) is 0.801. The molecule has 0 bridgehead atoms. The number of carbonyl (C=O) groups excluding carboxylic acids is 1. The highest BCUT2D eigenvalue weighted by molar-refractivity contribution is 7.09. The summed E-state index contributed by atoms with van der Waals surface area (Å²) in [5.41, 5.74) is 5.61. The predicted octanol–water partition coefficient (Wildman–Crippen LogP) is 1.91. The summed E-state index contributed by atoms with van der Waals surface area (Å²) >= 11 is 1.72. The quantitative estimate of drug-likeness (QED) is 0.912. The number of thiophene rings is 1. The molecule has 1 aliphatic rings. The molecule has 5 heteroatoms. The molecule has 0 radical (unpaired) electrons. The average molecular weight is 275 g/mol. The van der Waals surface area contributed by atoms with Crippen LogP contribution in [0.5, 0.6) is 0 Å². The number of hydrogen-bond acceptors (Lipinski definition) is 3. The fourth-order valence-electron chi connectivity index (χ4n) is 2.09. The van der Waals surface area contributed by atoms with Crippen molar-refractivity contribution in [2.45, 2.75) is 19.3 Å². The van der Waals surface area contributed by atoms with Crippen molar-refractivity contribution in [2.24, 2.45) is 11.7 Å². The minimum Gasteiger partial charge on any atom is -0.342 e. The van der Waals surface area contributed by atoms with E-state index in [1.165, 1.54) is 4.88 Å². The summed E-state index contributed by atoms with van der Waals surface area (Å²) in [6.07, 6.45) is 2.58. The van der Waals surface area contributed by atoms with Gasteiger partial charge in [-0.1, -0.05) is 6.07 Å². The number of rotatable bonds is 4. The van der Waals surface area contributed by atoms with Gasteiger partial charge in [-0.25, -0.2) is 0 Å². The van der Waals surface area contributed by atoms with Crippen molar-refractivity contribution in [1.29, 1.82) is 0 Å².